The van der Waals surface area contributed by atoms with Crippen LogP contribution in [0.1, 0.15) is 58.8 Å². The minimum atomic E-state index is 0.404. The van der Waals surface area contributed by atoms with Crippen molar-refractivity contribution in [1.29, 1.82) is 0 Å². The highest BCUT2D eigenvalue weighted by Gasteiger charge is 2.30. The molecule has 1 heteroatoms. The maximum absolute atomic E-state index is 9.15. The van der Waals surface area contributed by atoms with Gasteiger partial charge in [0.05, 0.1) is 0 Å². The van der Waals surface area contributed by atoms with Crippen molar-refractivity contribution in [2.45, 2.75) is 58.8 Å². The van der Waals surface area contributed by atoms with Gasteiger partial charge in [0.25, 0.3) is 0 Å². The molecule has 0 radical (unpaired) electrons. The Bertz CT molecular complexity index is 144. The van der Waals surface area contributed by atoms with E-state index in [1.54, 1.807) is 0 Å². The van der Waals surface area contributed by atoms with Crippen LogP contribution in [0, 0.1) is 11.3 Å². The summed E-state index contributed by atoms with van der Waals surface area (Å²) in [5, 5.41) is 9.15. The van der Waals surface area contributed by atoms with Gasteiger partial charge < -0.3 is 5.11 Å². The molecule has 0 aromatic rings. The van der Waals surface area contributed by atoms with Crippen LogP contribution in [0.3, 0.4) is 0 Å². The van der Waals surface area contributed by atoms with Gasteiger partial charge in [-0.25, -0.2) is 0 Å². The molecule has 1 nitrogen and oxygen atoms in total. The predicted octanol–water partition coefficient (Wildman–Crippen LogP) is 3.37. The van der Waals surface area contributed by atoms with Gasteiger partial charge in [-0.1, -0.05) is 33.1 Å². The minimum Gasteiger partial charge on any atom is -0.396 e. The van der Waals surface area contributed by atoms with E-state index >= 15 is 0 Å². The van der Waals surface area contributed by atoms with E-state index in [1.165, 1.54) is 44.9 Å². The normalized spacial score (nSPS) is 34.8. The summed E-state index contributed by atoms with van der Waals surface area (Å²) in [6.07, 6.45) is 9.23. The molecule has 0 spiro atoms. The molecule has 1 saturated carbocycles. The molecule has 0 amide bonds. The van der Waals surface area contributed by atoms with Gasteiger partial charge in [-0.15, -0.1) is 0 Å². The lowest BCUT2D eigenvalue weighted by Gasteiger charge is -2.37. The van der Waals surface area contributed by atoms with Crippen molar-refractivity contribution in [2.75, 3.05) is 6.61 Å². The van der Waals surface area contributed by atoms with Crippen LogP contribution in [0.5, 0.6) is 0 Å². The van der Waals surface area contributed by atoms with Crippen LogP contribution < -0.4 is 0 Å². The largest absolute Gasteiger partial charge is 0.396 e. The number of hydrogen-bond acceptors (Lipinski definition) is 1. The summed E-state index contributed by atoms with van der Waals surface area (Å²) < 4.78 is 0. The summed E-state index contributed by atoms with van der Waals surface area (Å²) >= 11 is 0. The SMILES string of the molecule is CCCC[C@@]1(C)CCC[C@@H](CO)C1. The average Bonchev–Trinajstić information content (AvgIpc) is 2.15. The highest BCUT2D eigenvalue weighted by Crippen LogP contribution is 2.42. The molecule has 1 fully saturated rings. The zero-order valence-corrected chi connectivity index (χ0v) is 9.18. The highest BCUT2D eigenvalue weighted by atomic mass is 16.3. The second-order valence-electron chi connectivity index (χ2n) is 5.06. The van der Waals surface area contributed by atoms with E-state index in [0.717, 1.165) is 0 Å². The Morgan fingerprint density at radius 2 is 2.23 bits per heavy atom. The summed E-state index contributed by atoms with van der Waals surface area (Å²) in [5.41, 5.74) is 0.543. The summed E-state index contributed by atoms with van der Waals surface area (Å²) in [6, 6.07) is 0. The first-order chi connectivity index (χ1) is 6.20. The monoisotopic (exact) mass is 184 g/mol. The van der Waals surface area contributed by atoms with Crippen LogP contribution in [0.25, 0.3) is 0 Å². The molecule has 78 valence electrons. The molecule has 1 rings (SSSR count). The van der Waals surface area contributed by atoms with E-state index < -0.39 is 0 Å². The molecule has 0 aromatic heterocycles. The fraction of sp³-hybridized carbons (Fsp3) is 1.00. The summed E-state index contributed by atoms with van der Waals surface area (Å²) in [5.74, 6) is 0.593. The summed E-state index contributed by atoms with van der Waals surface area (Å²) in [7, 11) is 0. The first kappa shape index (κ1) is 11.0. The van der Waals surface area contributed by atoms with Crippen molar-refractivity contribution >= 4 is 0 Å². The Kier molecular flexibility index (Phi) is 4.24. The van der Waals surface area contributed by atoms with Crippen molar-refractivity contribution in [1.82, 2.24) is 0 Å². The second kappa shape index (κ2) is 4.99. The zero-order chi connectivity index (χ0) is 9.73. The van der Waals surface area contributed by atoms with Crippen molar-refractivity contribution in [3.05, 3.63) is 0 Å². The molecule has 1 aliphatic rings. The van der Waals surface area contributed by atoms with Gasteiger partial charge in [-0.05, 0) is 37.0 Å². The zero-order valence-electron chi connectivity index (χ0n) is 9.18. The Hall–Kier alpha value is -0.0400. The number of unbranched alkanes of at least 4 members (excludes halogenated alkanes) is 1. The van der Waals surface area contributed by atoms with Crippen LogP contribution in [-0.2, 0) is 0 Å². The van der Waals surface area contributed by atoms with Crippen molar-refractivity contribution in [3.63, 3.8) is 0 Å². The fourth-order valence-electron chi connectivity index (χ4n) is 2.71. The van der Waals surface area contributed by atoms with Crippen LogP contribution in [0.2, 0.25) is 0 Å². The Labute approximate surface area is 82.5 Å². The molecular weight excluding hydrogens is 160 g/mol. The van der Waals surface area contributed by atoms with Gasteiger partial charge in [0.15, 0.2) is 0 Å². The first-order valence-electron chi connectivity index (χ1n) is 5.81. The van der Waals surface area contributed by atoms with Gasteiger partial charge in [0, 0.05) is 6.61 Å². The first-order valence-corrected chi connectivity index (χ1v) is 5.81. The molecule has 1 aliphatic carbocycles. The smallest absolute Gasteiger partial charge is 0.0459 e. The third kappa shape index (κ3) is 3.30. The van der Waals surface area contributed by atoms with E-state index in [0.29, 0.717) is 17.9 Å². The quantitative estimate of drug-likeness (QED) is 0.710. The van der Waals surface area contributed by atoms with E-state index in [-0.39, 0.29) is 0 Å². The van der Waals surface area contributed by atoms with Crippen molar-refractivity contribution in [2.24, 2.45) is 11.3 Å². The van der Waals surface area contributed by atoms with E-state index in [4.69, 9.17) is 5.11 Å². The minimum absolute atomic E-state index is 0.404. The van der Waals surface area contributed by atoms with E-state index in [1.807, 2.05) is 0 Å². The molecule has 1 N–H and O–H groups in total. The maximum Gasteiger partial charge on any atom is 0.0459 e. The van der Waals surface area contributed by atoms with Crippen LogP contribution in [0.4, 0.5) is 0 Å². The molecule has 0 aromatic carbocycles. The fourth-order valence-corrected chi connectivity index (χ4v) is 2.71. The maximum atomic E-state index is 9.15. The topological polar surface area (TPSA) is 20.2 Å². The number of hydrogen-bond donors (Lipinski definition) is 1. The summed E-state index contributed by atoms with van der Waals surface area (Å²) in [4.78, 5) is 0. The molecule has 0 unspecified atom stereocenters. The molecule has 0 saturated heterocycles. The van der Waals surface area contributed by atoms with Crippen LogP contribution >= 0.6 is 0 Å². The molecule has 2 atom stereocenters. The van der Waals surface area contributed by atoms with Crippen molar-refractivity contribution < 1.29 is 5.11 Å². The number of rotatable bonds is 4. The molecular formula is C12H24O. The van der Waals surface area contributed by atoms with Gasteiger partial charge in [0.2, 0.25) is 0 Å². The summed E-state index contributed by atoms with van der Waals surface area (Å²) in [6.45, 7) is 5.07. The highest BCUT2D eigenvalue weighted by molar-refractivity contribution is 4.82. The molecule has 0 aliphatic heterocycles. The Morgan fingerprint density at radius 3 is 2.85 bits per heavy atom. The Morgan fingerprint density at radius 1 is 1.46 bits per heavy atom. The van der Waals surface area contributed by atoms with Gasteiger partial charge >= 0.3 is 0 Å². The lowest BCUT2D eigenvalue weighted by atomic mass is 9.68. The van der Waals surface area contributed by atoms with Crippen LogP contribution in [0.15, 0.2) is 0 Å². The second-order valence-corrected chi connectivity index (χ2v) is 5.06. The van der Waals surface area contributed by atoms with Gasteiger partial charge in [-0.3, -0.25) is 0 Å². The lowest BCUT2D eigenvalue weighted by Crippen LogP contribution is -2.27. The number of aliphatic hydroxyl groups excluding tert-OH is 1. The molecule has 0 heterocycles. The van der Waals surface area contributed by atoms with E-state index in [2.05, 4.69) is 13.8 Å². The van der Waals surface area contributed by atoms with Crippen LogP contribution in [-0.4, -0.2) is 11.7 Å². The molecule has 0 bridgehead atoms. The standard InChI is InChI=1S/C12H24O/c1-3-4-7-12(2)8-5-6-11(9-12)10-13/h11,13H,3-10H2,1-2H3/t11-,12+/m1/s1. The third-order valence-electron chi connectivity index (χ3n) is 3.57. The average molecular weight is 184 g/mol. The lowest BCUT2D eigenvalue weighted by molar-refractivity contribution is 0.0978. The molecule has 13 heavy (non-hydrogen) atoms. The van der Waals surface area contributed by atoms with Gasteiger partial charge in [0.1, 0.15) is 0 Å². The predicted molar refractivity (Wildman–Crippen MR) is 56.7 cm³/mol. The van der Waals surface area contributed by atoms with E-state index in [9.17, 15) is 0 Å². The van der Waals surface area contributed by atoms with Crippen molar-refractivity contribution in [3.8, 4) is 0 Å². The Balaban J connectivity index is 2.37. The number of aliphatic hydroxyl groups is 1. The third-order valence-corrected chi connectivity index (χ3v) is 3.57. The van der Waals surface area contributed by atoms with Gasteiger partial charge in [-0.2, -0.15) is 0 Å².